The molecule has 0 radical (unpaired) electrons. The maximum atomic E-state index is 13.0. The van der Waals surface area contributed by atoms with Gasteiger partial charge in [-0.05, 0) is 55.5 Å². The molecule has 7 heteroatoms. The molecule has 1 heterocycles. The van der Waals surface area contributed by atoms with Crippen molar-refractivity contribution in [3.63, 3.8) is 0 Å². The zero-order valence-electron chi connectivity index (χ0n) is 15.9. The summed E-state index contributed by atoms with van der Waals surface area (Å²) in [6, 6.07) is 11.6. The number of carbonyl (C=O) groups excluding carboxylic acids is 1. The van der Waals surface area contributed by atoms with Crippen LogP contribution in [-0.4, -0.2) is 33.1 Å². The molecule has 4 rings (SSSR count). The summed E-state index contributed by atoms with van der Waals surface area (Å²) < 4.78 is 13.0. The van der Waals surface area contributed by atoms with Crippen LogP contribution in [0.25, 0.3) is 10.9 Å². The van der Waals surface area contributed by atoms with Gasteiger partial charge in [0.25, 0.3) is 5.91 Å². The molecule has 1 amide bonds. The third-order valence-electron chi connectivity index (χ3n) is 5.24. The van der Waals surface area contributed by atoms with E-state index in [1.54, 1.807) is 30.5 Å². The number of rotatable bonds is 5. The van der Waals surface area contributed by atoms with Crippen LogP contribution in [0, 0.1) is 5.82 Å². The molecule has 0 unspecified atom stereocenters. The lowest BCUT2D eigenvalue weighted by molar-refractivity contribution is 0.0951. The number of anilines is 1. The van der Waals surface area contributed by atoms with Gasteiger partial charge in [-0.1, -0.05) is 18.2 Å². The number of aliphatic hydroxyl groups excluding tert-OH is 1. The molecule has 3 N–H and O–H groups in total. The van der Waals surface area contributed by atoms with Crippen LogP contribution in [0.1, 0.15) is 41.6 Å². The van der Waals surface area contributed by atoms with E-state index in [0.29, 0.717) is 23.6 Å². The Hall–Kier alpha value is -3.06. The van der Waals surface area contributed by atoms with Crippen LogP contribution in [0.2, 0.25) is 0 Å². The minimum Gasteiger partial charge on any atom is -0.393 e. The largest absolute Gasteiger partial charge is 0.393 e. The van der Waals surface area contributed by atoms with Crippen LogP contribution < -0.4 is 10.6 Å². The van der Waals surface area contributed by atoms with Gasteiger partial charge < -0.3 is 15.7 Å². The number of aromatic nitrogens is 2. The Kier molecular flexibility index (Phi) is 5.67. The van der Waals surface area contributed by atoms with Crippen molar-refractivity contribution in [2.45, 2.75) is 44.4 Å². The maximum absolute atomic E-state index is 13.0. The highest BCUT2D eigenvalue weighted by molar-refractivity contribution is 5.97. The van der Waals surface area contributed by atoms with E-state index >= 15 is 0 Å². The van der Waals surface area contributed by atoms with Gasteiger partial charge in [0.05, 0.1) is 11.6 Å². The summed E-state index contributed by atoms with van der Waals surface area (Å²) in [5.41, 5.74) is 2.02. The van der Waals surface area contributed by atoms with Gasteiger partial charge in [0.2, 0.25) is 5.95 Å². The number of amides is 1. The number of hydrogen-bond acceptors (Lipinski definition) is 5. The molecule has 1 aliphatic carbocycles. The van der Waals surface area contributed by atoms with Crippen molar-refractivity contribution in [3.8, 4) is 0 Å². The summed E-state index contributed by atoms with van der Waals surface area (Å²) in [5, 5.41) is 16.7. The minimum atomic E-state index is -0.303. The Morgan fingerprint density at radius 1 is 1.10 bits per heavy atom. The first-order valence-electron chi connectivity index (χ1n) is 9.81. The van der Waals surface area contributed by atoms with E-state index in [0.717, 1.165) is 36.6 Å². The number of aliphatic hydroxyl groups is 1. The van der Waals surface area contributed by atoms with Crippen molar-refractivity contribution in [2.75, 3.05) is 5.32 Å². The second-order valence-electron chi connectivity index (χ2n) is 7.43. The first-order chi connectivity index (χ1) is 14.1. The highest BCUT2D eigenvalue weighted by Gasteiger charge is 2.20. The highest BCUT2D eigenvalue weighted by atomic mass is 19.1. The molecule has 0 bridgehead atoms. The predicted octanol–water partition coefficient (Wildman–Crippen LogP) is 3.41. The maximum Gasteiger partial charge on any atom is 0.251 e. The normalized spacial score (nSPS) is 19.1. The van der Waals surface area contributed by atoms with Crippen molar-refractivity contribution < 1.29 is 14.3 Å². The van der Waals surface area contributed by atoms with Crippen LogP contribution in [0.15, 0.2) is 48.7 Å². The molecule has 1 saturated carbocycles. The van der Waals surface area contributed by atoms with Crippen molar-refractivity contribution in [3.05, 3.63) is 65.6 Å². The summed E-state index contributed by atoms with van der Waals surface area (Å²) in [7, 11) is 0. The number of hydrogen-bond donors (Lipinski definition) is 3. The van der Waals surface area contributed by atoms with Crippen molar-refractivity contribution in [1.82, 2.24) is 15.3 Å². The topological polar surface area (TPSA) is 87.1 Å². The summed E-state index contributed by atoms with van der Waals surface area (Å²) in [5.74, 6) is 0.0106. The quantitative estimate of drug-likeness (QED) is 0.617. The van der Waals surface area contributed by atoms with Crippen LogP contribution in [0.5, 0.6) is 0 Å². The van der Waals surface area contributed by atoms with Gasteiger partial charge in [-0.25, -0.2) is 14.4 Å². The second-order valence-corrected chi connectivity index (χ2v) is 7.43. The predicted molar refractivity (Wildman–Crippen MR) is 109 cm³/mol. The summed E-state index contributed by atoms with van der Waals surface area (Å²) in [4.78, 5) is 21.4. The van der Waals surface area contributed by atoms with E-state index < -0.39 is 0 Å². The van der Waals surface area contributed by atoms with Crippen molar-refractivity contribution in [2.24, 2.45) is 0 Å². The fourth-order valence-corrected chi connectivity index (χ4v) is 3.52. The van der Waals surface area contributed by atoms with Gasteiger partial charge in [0.1, 0.15) is 5.82 Å². The lowest BCUT2D eigenvalue weighted by Gasteiger charge is -2.26. The summed E-state index contributed by atoms with van der Waals surface area (Å²) in [6.45, 7) is 0.321. The Bertz CT molecular complexity index is 1000. The molecule has 3 aromatic rings. The average molecular weight is 394 g/mol. The number of nitrogens with one attached hydrogen (secondary N) is 2. The second kappa shape index (κ2) is 8.53. The Labute approximate surface area is 168 Å². The third kappa shape index (κ3) is 4.86. The Balaban J connectivity index is 1.44. The lowest BCUT2D eigenvalue weighted by atomic mass is 9.93. The van der Waals surface area contributed by atoms with Crippen LogP contribution in [0.4, 0.5) is 10.3 Å². The first-order valence-corrected chi connectivity index (χ1v) is 9.81. The highest BCUT2D eigenvalue weighted by Crippen LogP contribution is 2.22. The van der Waals surface area contributed by atoms with Crippen molar-refractivity contribution >= 4 is 22.8 Å². The molecule has 1 aliphatic rings. The third-order valence-corrected chi connectivity index (χ3v) is 5.24. The van der Waals surface area contributed by atoms with E-state index in [-0.39, 0.29) is 23.9 Å². The molecule has 29 heavy (non-hydrogen) atoms. The first kappa shape index (κ1) is 19.3. The van der Waals surface area contributed by atoms with Crippen LogP contribution in [-0.2, 0) is 6.54 Å². The van der Waals surface area contributed by atoms with Gasteiger partial charge >= 0.3 is 0 Å². The molecular formula is C22H23FN4O2. The number of halogens is 1. The number of nitrogens with zero attached hydrogens (tertiary/aromatic N) is 2. The molecule has 1 aromatic heterocycles. The van der Waals surface area contributed by atoms with Crippen molar-refractivity contribution in [1.29, 1.82) is 0 Å². The van der Waals surface area contributed by atoms with E-state index in [1.807, 2.05) is 6.07 Å². The molecule has 1 fully saturated rings. The molecule has 6 nitrogen and oxygen atoms in total. The molecule has 0 atom stereocenters. The molecular weight excluding hydrogens is 371 g/mol. The smallest absolute Gasteiger partial charge is 0.251 e. The molecule has 0 spiro atoms. The fourth-order valence-electron chi connectivity index (χ4n) is 3.52. The summed E-state index contributed by atoms with van der Waals surface area (Å²) >= 11 is 0. The summed E-state index contributed by atoms with van der Waals surface area (Å²) in [6.07, 6.45) is 4.86. The van der Waals surface area contributed by atoms with Gasteiger partial charge in [-0.15, -0.1) is 0 Å². The Morgan fingerprint density at radius 2 is 1.86 bits per heavy atom. The van der Waals surface area contributed by atoms with Crippen LogP contribution >= 0.6 is 0 Å². The zero-order chi connectivity index (χ0) is 20.2. The molecule has 0 saturated heterocycles. The van der Waals surface area contributed by atoms with E-state index in [9.17, 15) is 14.3 Å². The average Bonchev–Trinajstić information content (AvgIpc) is 2.74. The van der Waals surface area contributed by atoms with Gasteiger partial charge in [0.15, 0.2) is 0 Å². The van der Waals surface area contributed by atoms with Gasteiger partial charge in [0, 0.05) is 29.7 Å². The van der Waals surface area contributed by atoms with E-state index in [2.05, 4.69) is 20.6 Å². The minimum absolute atomic E-state index is 0.207. The number of fused-ring (bicyclic) bond motifs is 1. The van der Waals surface area contributed by atoms with Gasteiger partial charge in [-0.3, -0.25) is 4.79 Å². The van der Waals surface area contributed by atoms with Crippen LogP contribution in [0.3, 0.4) is 0 Å². The molecule has 2 aromatic carbocycles. The van der Waals surface area contributed by atoms with E-state index in [1.165, 1.54) is 12.1 Å². The zero-order valence-corrected chi connectivity index (χ0v) is 15.9. The molecule has 0 aliphatic heterocycles. The monoisotopic (exact) mass is 394 g/mol. The number of carbonyl (C=O) groups is 1. The number of benzene rings is 2. The SMILES string of the molecule is O=C(NCc1ccc(F)cc1)c1ccc2cnc(NC3CCC(O)CC3)nc2c1. The standard InChI is InChI=1S/C22H23FN4O2/c23-17-5-1-14(2-6-17)12-24-21(29)15-3-4-16-13-25-22(27-20(16)11-15)26-18-7-9-19(28)10-8-18/h1-6,11,13,18-19,28H,7-10,12H2,(H,24,29)(H,25,26,27). The van der Waals surface area contributed by atoms with Gasteiger partial charge in [-0.2, -0.15) is 0 Å². The Morgan fingerprint density at radius 3 is 2.62 bits per heavy atom. The fraction of sp³-hybridized carbons (Fsp3) is 0.318. The van der Waals surface area contributed by atoms with E-state index in [4.69, 9.17) is 0 Å². The molecule has 150 valence electrons. The lowest BCUT2D eigenvalue weighted by Crippen LogP contribution is -2.28.